The Balaban J connectivity index is 1.39. The fourth-order valence-electron chi connectivity index (χ4n) is 11.0. The van der Waals surface area contributed by atoms with E-state index >= 15 is 0 Å². The van der Waals surface area contributed by atoms with Crippen LogP contribution < -0.4 is 5.32 Å². The molecular formula is C61H72N4. The average molecular weight is 861 g/mol. The van der Waals surface area contributed by atoms with E-state index in [1.54, 1.807) is 0 Å². The summed E-state index contributed by atoms with van der Waals surface area (Å²) >= 11 is 0. The second-order valence-electron chi connectivity index (χ2n) is 22.4. The molecule has 4 nitrogen and oxygen atoms in total. The summed E-state index contributed by atoms with van der Waals surface area (Å²) in [6, 6.07) is 35.5. The van der Waals surface area contributed by atoms with E-state index in [1.165, 1.54) is 55.2 Å². The van der Waals surface area contributed by atoms with Gasteiger partial charge in [-0.15, -0.1) is 0 Å². The van der Waals surface area contributed by atoms with Crippen LogP contribution in [-0.4, -0.2) is 10.6 Å². The number of hydrogen-bond donors (Lipinski definition) is 1. The molecule has 2 aliphatic carbocycles. The van der Waals surface area contributed by atoms with Crippen LogP contribution in [0.2, 0.25) is 0 Å². The van der Waals surface area contributed by atoms with Gasteiger partial charge in [0.05, 0.1) is 23.3 Å². The van der Waals surface area contributed by atoms with Crippen LogP contribution in [0.4, 0.5) is 0 Å². The molecule has 0 saturated heterocycles. The van der Waals surface area contributed by atoms with Gasteiger partial charge < -0.3 is 9.88 Å². The van der Waals surface area contributed by atoms with Gasteiger partial charge in [-0.05, 0) is 140 Å². The predicted octanol–water partition coefficient (Wildman–Crippen LogP) is 15.6. The molecule has 0 bridgehead atoms. The Kier molecular flexibility index (Phi) is 13.2. The van der Waals surface area contributed by atoms with Crippen molar-refractivity contribution in [3.05, 3.63) is 166 Å². The van der Waals surface area contributed by atoms with Gasteiger partial charge in [0.2, 0.25) is 0 Å². The maximum atomic E-state index is 10.3. The number of nitriles is 2. The van der Waals surface area contributed by atoms with Gasteiger partial charge in [0, 0.05) is 51.6 Å². The maximum absolute atomic E-state index is 10.3. The zero-order valence-corrected chi connectivity index (χ0v) is 41.5. The lowest BCUT2D eigenvalue weighted by Gasteiger charge is -2.32. The standard InChI is InChI=1S/C61H72N4/c1-15-46(59(6,7)8)24-16-19-38(2)54-39(3)25-28-51(54)64-58-56(44-22-17-20-42(31-44)35-62)41(5)55(57(58)45-23-18-21-43(32-45)36-63)40(4)37-65-52-29-26-47(60(9,10)11)33-49(52)50-34-48(61(12,13)14)27-30-53(50)65/h15,17-18,20-34,38-41,51,54,64H,1,16,19,37H2,2-14H3/b46-24+/t38-,39?,40+,41?,51?,54-/m0/s1. The summed E-state index contributed by atoms with van der Waals surface area (Å²) in [5.41, 5.74) is 14.8. The summed E-state index contributed by atoms with van der Waals surface area (Å²) in [7, 11) is 0. The molecule has 0 fully saturated rings. The molecule has 336 valence electrons. The van der Waals surface area contributed by atoms with Gasteiger partial charge in [0.25, 0.3) is 0 Å². The minimum atomic E-state index is 0.0181. The smallest absolute Gasteiger partial charge is 0.0991 e. The van der Waals surface area contributed by atoms with Crippen molar-refractivity contribution >= 4 is 33.0 Å². The normalized spacial score (nSPS) is 20.4. The molecule has 0 amide bonds. The Morgan fingerprint density at radius 1 is 0.754 bits per heavy atom. The lowest BCUT2D eigenvalue weighted by molar-refractivity contribution is 0.258. The second kappa shape index (κ2) is 18.2. The number of hydrogen-bond acceptors (Lipinski definition) is 3. The molecule has 1 aromatic heterocycles. The maximum Gasteiger partial charge on any atom is 0.0991 e. The summed E-state index contributed by atoms with van der Waals surface area (Å²) in [6.07, 6.45) is 11.3. The highest BCUT2D eigenvalue weighted by Gasteiger charge is 2.40. The second-order valence-corrected chi connectivity index (χ2v) is 22.4. The number of aromatic nitrogens is 1. The predicted molar refractivity (Wildman–Crippen MR) is 276 cm³/mol. The third-order valence-electron chi connectivity index (χ3n) is 14.6. The van der Waals surface area contributed by atoms with Gasteiger partial charge in [0.1, 0.15) is 0 Å². The number of nitrogens with one attached hydrogen (secondary N) is 1. The van der Waals surface area contributed by atoms with Crippen LogP contribution in [0, 0.1) is 57.7 Å². The van der Waals surface area contributed by atoms with Crippen LogP contribution in [0.3, 0.4) is 0 Å². The molecule has 1 N–H and O–H groups in total. The van der Waals surface area contributed by atoms with Crippen molar-refractivity contribution in [1.82, 2.24) is 9.88 Å². The van der Waals surface area contributed by atoms with Crippen molar-refractivity contribution in [3.63, 3.8) is 0 Å². The van der Waals surface area contributed by atoms with Crippen molar-refractivity contribution in [2.75, 3.05) is 0 Å². The fourth-order valence-corrected chi connectivity index (χ4v) is 11.0. The SMILES string of the molecule is C=C/C(=C\CC[C@H](C)[C@H]1C(C)C=CC1NC1=C(c2cccc(C#N)c2)C(C)C([C@H](C)Cn2c3ccc(C(C)(C)C)cc3c3cc(C(C)(C)C)ccc32)=C1c1cccc(C#N)c1)C(C)(C)C. The van der Waals surface area contributed by atoms with Crippen LogP contribution in [0.25, 0.3) is 33.0 Å². The third-order valence-corrected chi connectivity index (χ3v) is 14.6. The van der Waals surface area contributed by atoms with Gasteiger partial charge >= 0.3 is 0 Å². The fraction of sp³-hybridized carbons (Fsp3) is 0.410. The van der Waals surface area contributed by atoms with E-state index in [9.17, 15) is 10.5 Å². The molecule has 3 unspecified atom stereocenters. The van der Waals surface area contributed by atoms with E-state index in [4.69, 9.17) is 0 Å². The summed E-state index contributed by atoms with van der Waals surface area (Å²) in [6.45, 7) is 35.0. The Hall–Kier alpha value is -5.84. The first-order valence-electron chi connectivity index (χ1n) is 24.0. The van der Waals surface area contributed by atoms with Gasteiger partial charge in [-0.25, -0.2) is 0 Å². The minimum Gasteiger partial charge on any atom is -0.378 e. The number of allylic oxidation sites excluding steroid dienone is 7. The quantitative estimate of drug-likeness (QED) is 0.100. The van der Waals surface area contributed by atoms with Gasteiger partial charge in [-0.1, -0.05) is 157 Å². The summed E-state index contributed by atoms with van der Waals surface area (Å²) in [4.78, 5) is 0. The summed E-state index contributed by atoms with van der Waals surface area (Å²) in [5, 5.41) is 27.3. The van der Waals surface area contributed by atoms with Gasteiger partial charge in [0.15, 0.2) is 0 Å². The first kappa shape index (κ1) is 47.1. The topological polar surface area (TPSA) is 64.5 Å². The molecule has 4 aromatic carbocycles. The molecule has 4 heteroatoms. The van der Waals surface area contributed by atoms with Crippen LogP contribution in [0.1, 0.15) is 136 Å². The summed E-state index contributed by atoms with van der Waals surface area (Å²) in [5.74, 6) is 1.35. The van der Waals surface area contributed by atoms with E-state index in [0.717, 1.165) is 36.2 Å². The molecule has 2 aliphatic rings. The van der Waals surface area contributed by atoms with E-state index in [1.807, 2.05) is 30.3 Å². The zero-order valence-electron chi connectivity index (χ0n) is 41.5. The molecule has 5 aromatic rings. The molecule has 6 atom stereocenters. The van der Waals surface area contributed by atoms with Crippen LogP contribution >= 0.6 is 0 Å². The summed E-state index contributed by atoms with van der Waals surface area (Å²) < 4.78 is 2.56. The Morgan fingerprint density at radius 2 is 1.31 bits per heavy atom. The van der Waals surface area contributed by atoms with Crippen LogP contribution in [0.5, 0.6) is 0 Å². The number of nitrogens with zero attached hydrogens (tertiary/aromatic N) is 3. The molecule has 1 heterocycles. The minimum absolute atomic E-state index is 0.0181. The van der Waals surface area contributed by atoms with Crippen molar-refractivity contribution < 1.29 is 0 Å². The molecule has 7 rings (SSSR count). The molecule has 0 radical (unpaired) electrons. The highest BCUT2D eigenvalue weighted by molar-refractivity contribution is 6.09. The number of fused-ring (bicyclic) bond motifs is 3. The first-order chi connectivity index (χ1) is 30.7. The van der Waals surface area contributed by atoms with E-state index in [2.05, 4.69) is 198 Å². The van der Waals surface area contributed by atoms with Crippen molar-refractivity contribution in [2.24, 2.45) is 35.0 Å². The Labute approximate surface area is 391 Å². The Morgan fingerprint density at radius 3 is 1.83 bits per heavy atom. The lowest BCUT2D eigenvalue weighted by atomic mass is 9.79. The molecule has 0 spiro atoms. The third kappa shape index (κ3) is 9.47. The average Bonchev–Trinajstić information content (AvgIpc) is 3.88. The van der Waals surface area contributed by atoms with E-state index < -0.39 is 0 Å². The number of benzene rings is 4. The monoisotopic (exact) mass is 861 g/mol. The van der Waals surface area contributed by atoms with Gasteiger partial charge in [-0.3, -0.25) is 0 Å². The zero-order chi connectivity index (χ0) is 47.2. The van der Waals surface area contributed by atoms with Crippen molar-refractivity contribution in [2.45, 2.75) is 126 Å². The Bertz CT molecular complexity index is 2760. The lowest BCUT2D eigenvalue weighted by Crippen LogP contribution is -2.37. The molecule has 0 saturated carbocycles. The molecular weight excluding hydrogens is 789 g/mol. The molecule has 65 heavy (non-hydrogen) atoms. The van der Waals surface area contributed by atoms with E-state index in [0.29, 0.717) is 28.9 Å². The van der Waals surface area contributed by atoms with Crippen LogP contribution in [0.15, 0.2) is 133 Å². The number of rotatable bonds is 12. The van der Waals surface area contributed by atoms with E-state index in [-0.39, 0.29) is 34.1 Å². The highest BCUT2D eigenvalue weighted by atomic mass is 15.0. The van der Waals surface area contributed by atoms with Crippen LogP contribution in [-0.2, 0) is 17.4 Å². The van der Waals surface area contributed by atoms with Crippen molar-refractivity contribution in [3.8, 4) is 12.1 Å². The highest BCUT2D eigenvalue weighted by Crippen LogP contribution is 2.51. The van der Waals surface area contributed by atoms with Gasteiger partial charge in [-0.2, -0.15) is 10.5 Å². The molecule has 0 aliphatic heterocycles. The largest absolute Gasteiger partial charge is 0.378 e. The first-order valence-corrected chi connectivity index (χ1v) is 24.0. The van der Waals surface area contributed by atoms with Crippen molar-refractivity contribution in [1.29, 1.82) is 10.5 Å².